The molecule has 0 aliphatic carbocycles. The van der Waals surface area contributed by atoms with Gasteiger partial charge in [0.1, 0.15) is 0 Å². The van der Waals surface area contributed by atoms with E-state index in [1.54, 1.807) is 10.7 Å². The molecule has 0 spiro atoms. The van der Waals surface area contributed by atoms with Crippen LogP contribution in [0.1, 0.15) is 23.7 Å². The summed E-state index contributed by atoms with van der Waals surface area (Å²) >= 11 is 6.07. The Morgan fingerprint density at radius 2 is 2.10 bits per heavy atom. The number of aromatic nitrogens is 2. The van der Waals surface area contributed by atoms with E-state index in [0.29, 0.717) is 23.7 Å². The minimum absolute atomic E-state index is 0.0480. The van der Waals surface area contributed by atoms with Crippen LogP contribution in [0.2, 0.25) is 5.02 Å². The van der Waals surface area contributed by atoms with Gasteiger partial charge in [-0.3, -0.25) is 14.8 Å². The quantitative estimate of drug-likeness (QED) is 0.658. The first-order chi connectivity index (χ1) is 10.0. The summed E-state index contributed by atoms with van der Waals surface area (Å²) in [5, 5.41) is 18.9. The average Bonchev–Trinajstić information content (AvgIpc) is 2.81. The molecule has 7 heteroatoms. The molecule has 0 aliphatic heterocycles. The molecule has 1 N–H and O–H groups in total. The van der Waals surface area contributed by atoms with Gasteiger partial charge in [0.2, 0.25) is 0 Å². The van der Waals surface area contributed by atoms with Crippen LogP contribution in [0.15, 0.2) is 24.4 Å². The van der Waals surface area contributed by atoms with Gasteiger partial charge in [0, 0.05) is 49.1 Å². The highest BCUT2D eigenvalue weighted by atomic mass is 35.5. The first-order valence-corrected chi connectivity index (χ1v) is 7.04. The lowest BCUT2D eigenvalue weighted by atomic mass is 10.2. The molecule has 0 unspecified atom stereocenters. The second-order valence-corrected chi connectivity index (χ2v) is 5.17. The second-order valence-electron chi connectivity index (χ2n) is 4.76. The van der Waals surface area contributed by atoms with Gasteiger partial charge in [-0.1, -0.05) is 18.5 Å². The number of aryl methyl sites for hydroxylation is 2. The molecule has 2 rings (SSSR count). The van der Waals surface area contributed by atoms with Gasteiger partial charge in [-0.05, 0) is 18.1 Å². The highest BCUT2D eigenvalue weighted by molar-refractivity contribution is 6.31. The van der Waals surface area contributed by atoms with Gasteiger partial charge in [-0.25, -0.2) is 0 Å². The molecule has 0 saturated carbocycles. The van der Waals surface area contributed by atoms with E-state index >= 15 is 0 Å². The molecule has 6 nitrogen and oxygen atoms in total. The summed E-state index contributed by atoms with van der Waals surface area (Å²) in [6.07, 6.45) is 2.84. The van der Waals surface area contributed by atoms with Gasteiger partial charge >= 0.3 is 0 Å². The highest BCUT2D eigenvalue weighted by Gasteiger charge is 2.10. The Balaban J connectivity index is 2.03. The summed E-state index contributed by atoms with van der Waals surface area (Å²) in [6.45, 7) is 3.18. The molecule has 0 radical (unpaired) electrons. The lowest BCUT2D eigenvalue weighted by Gasteiger charge is -2.06. The smallest absolute Gasteiger partial charge is 0.269 e. The number of hydrogen-bond acceptors (Lipinski definition) is 4. The SMILES string of the molecule is CCc1nn(C)cc1CNCc1cc([N+](=O)[O-])ccc1Cl. The molecule has 112 valence electrons. The Hall–Kier alpha value is -1.92. The van der Waals surface area contributed by atoms with Crippen molar-refractivity contribution in [3.05, 3.63) is 56.4 Å². The zero-order valence-corrected chi connectivity index (χ0v) is 12.7. The van der Waals surface area contributed by atoms with E-state index in [1.807, 2.05) is 13.2 Å². The van der Waals surface area contributed by atoms with Gasteiger partial charge in [-0.15, -0.1) is 0 Å². The van der Waals surface area contributed by atoms with Crippen molar-refractivity contribution in [1.29, 1.82) is 0 Å². The molecule has 0 saturated heterocycles. The van der Waals surface area contributed by atoms with Crippen LogP contribution in [0.4, 0.5) is 5.69 Å². The maximum atomic E-state index is 10.8. The molecular weight excluding hydrogens is 292 g/mol. The zero-order valence-electron chi connectivity index (χ0n) is 12.0. The lowest BCUT2D eigenvalue weighted by molar-refractivity contribution is -0.384. The van der Waals surface area contributed by atoms with E-state index in [-0.39, 0.29) is 5.69 Å². The van der Waals surface area contributed by atoms with Crippen molar-refractivity contribution in [3.63, 3.8) is 0 Å². The van der Waals surface area contributed by atoms with Gasteiger partial charge in [0.15, 0.2) is 0 Å². The predicted molar refractivity (Wildman–Crippen MR) is 81.2 cm³/mol. The Kier molecular flexibility index (Phi) is 4.93. The van der Waals surface area contributed by atoms with E-state index in [0.717, 1.165) is 17.7 Å². The second kappa shape index (κ2) is 6.69. The molecule has 0 fully saturated rings. The fourth-order valence-corrected chi connectivity index (χ4v) is 2.36. The van der Waals surface area contributed by atoms with Crippen LogP contribution in [-0.4, -0.2) is 14.7 Å². The lowest BCUT2D eigenvalue weighted by Crippen LogP contribution is -2.13. The molecule has 0 bridgehead atoms. The van der Waals surface area contributed by atoms with Crippen LogP contribution in [0.5, 0.6) is 0 Å². The minimum atomic E-state index is -0.421. The van der Waals surface area contributed by atoms with Crippen LogP contribution in [0, 0.1) is 10.1 Å². The first kappa shape index (κ1) is 15.5. The van der Waals surface area contributed by atoms with Crippen LogP contribution in [0.25, 0.3) is 0 Å². The molecule has 2 aromatic rings. The maximum absolute atomic E-state index is 10.8. The standard InChI is InChI=1S/C14H17ClN4O2/c1-3-14-11(9-18(2)17-14)8-16-7-10-6-12(19(20)21)4-5-13(10)15/h4-6,9,16H,3,7-8H2,1-2H3. The fourth-order valence-electron chi connectivity index (χ4n) is 2.17. The van der Waals surface area contributed by atoms with Gasteiger partial charge in [0.05, 0.1) is 10.6 Å². The Morgan fingerprint density at radius 3 is 2.76 bits per heavy atom. The summed E-state index contributed by atoms with van der Waals surface area (Å²) in [7, 11) is 1.89. The van der Waals surface area contributed by atoms with Crippen molar-refractivity contribution in [1.82, 2.24) is 15.1 Å². The van der Waals surface area contributed by atoms with Crippen molar-refractivity contribution in [2.75, 3.05) is 0 Å². The number of nitro groups is 1. The van der Waals surface area contributed by atoms with Gasteiger partial charge < -0.3 is 5.32 Å². The Morgan fingerprint density at radius 1 is 1.38 bits per heavy atom. The summed E-state index contributed by atoms with van der Waals surface area (Å²) in [5.74, 6) is 0. The Bertz CT molecular complexity index is 654. The monoisotopic (exact) mass is 308 g/mol. The molecule has 0 aliphatic rings. The number of nitrogens with zero attached hydrogens (tertiary/aromatic N) is 3. The highest BCUT2D eigenvalue weighted by Crippen LogP contribution is 2.22. The summed E-state index contributed by atoms with van der Waals surface area (Å²) in [4.78, 5) is 10.4. The van der Waals surface area contributed by atoms with E-state index in [1.165, 1.54) is 12.1 Å². The van der Waals surface area contributed by atoms with Crippen LogP contribution in [0.3, 0.4) is 0 Å². The van der Waals surface area contributed by atoms with Crippen LogP contribution in [-0.2, 0) is 26.6 Å². The Labute approximate surface area is 127 Å². The van der Waals surface area contributed by atoms with Crippen molar-refractivity contribution < 1.29 is 4.92 Å². The topological polar surface area (TPSA) is 73.0 Å². The summed E-state index contributed by atoms with van der Waals surface area (Å²) < 4.78 is 1.79. The largest absolute Gasteiger partial charge is 0.308 e. The number of benzene rings is 1. The number of non-ortho nitro benzene ring substituents is 1. The molecule has 0 amide bonds. The van der Waals surface area contributed by atoms with Crippen molar-refractivity contribution in [2.45, 2.75) is 26.4 Å². The van der Waals surface area contributed by atoms with Gasteiger partial charge in [0.25, 0.3) is 5.69 Å². The number of halogens is 1. The molecule has 21 heavy (non-hydrogen) atoms. The number of rotatable bonds is 6. The van der Waals surface area contributed by atoms with Crippen molar-refractivity contribution in [3.8, 4) is 0 Å². The van der Waals surface area contributed by atoms with Crippen LogP contribution < -0.4 is 5.32 Å². The fraction of sp³-hybridized carbons (Fsp3) is 0.357. The number of nitrogens with one attached hydrogen (secondary N) is 1. The number of nitro benzene ring substituents is 1. The normalized spacial score (nSPS) is 10.8. The molecule has 1 aromatic heterocycles. The third-order valence-corrected chi connectivity index (χ3v) is 3.57. The van der Waals surface area contributed by atoms with Crippen molar-refractivity contribution in [2.24, 2.45) is 7.05 Å². The predicted octanol–water partition coefficient (Wildman–Crippen LogP) is 2.83. The molecular formula is C14H17ClN4O2. The minimum Gasteiger partial charge on any atom is -0.308 e. The first-order valence-electron chi connectivity index (χ1n) is 6.66. The maximum Gasteiger partial charge on any atom is 0.269 e. The summed E-state index contributed by atoms with van der Waals surface area (Å²) in [6, 6.07) is 4.46. The van der Waals surface area contributed by atoms with E-state index < -0.39 is 4.92 Å². The van der Waals surface area contributed by atoms with Crippen molar-refractivity contribution >= 4 is 17.3 Å². The molecule has 1 aromatic carbocycles. The number of hydrogen-bond donors (Lipinski definition) is 1. The van der Waals surface area contributed by atoms with E-state index in [2.05, 4.69) is 17.3 Å². The molecule has 0 atom stereocenters. The molecule has 1 heterocycles. The third-order valence-electron chi connectivity index (χ3n) is 3.20. The van der Waals surface area contributed by atoms with Gasteiger partial charge in [-0.2, -0.15) is 5.10 Å². The summed E-state index contributed by atoms with van der Waals surface area (Å²) in [5.41, 5.74) is 2.94. The third kappa shape index (κ3) is 3.80. The van der Waals surface area contributed by atoms with E-state index in [4.69, 9.17) is 11.6 Å². The van der Waals surface area contributed by atoms with E-state index in [9.17, 15) is 10.1 Å². The average molecular weight is 309 g/mol. The zero-order chi connectivity index (χ0) is 15.4. The van der Waals surface area contributed by atoms with Crippen LogP contribution >= 0.6 is 11.6 Å².